The lowest BCUT2D eigenvalue weighted by molar-refractivity contribution is -0.116. The van der Waals surface area contributed by atoms with Crippen LogP contribution >= 0.6 is 11.8 Å². The van der Waals surface area contributed by atoms with Gasteiger partial charge in [0.1, 0.15) is 0 Å². The van der Waals surface area contributed by atoms with E-state index in [-0.39, 0.29) is 11.5 Å². The van der Waals surface area contributed by atoms with Gasteiger partial charge in [-0.05, 0) is 20.8 Å². The number of carbonyl (C=O) groups is 2. The maximum Gasteiger partial charge on any atom is 0.236 e. The van der Waals surface area contributed by atoms with Gasteiger partial charge in [-0.15, -0.1) is 0 Å². The van der Waals surface area contributed by atoms with Gasteiger partial charge in [-0.3, -0.25) is 9.59 Å². The quantitative estimate of drug-likeness (QED) is 0.679. The molecular weight excluding hydrogens is 216 g/mol. The van der Waals surface area contributed by atoms with Crippen molar-refractivity contribution in [1.82, 2.24) is 5.32 Å². The fraction of sp³-hybridized carbons (Fsp3) is 0.667. The molecule has 0 saturated carbocycles. The molecular formula is C9H16N2O3S. The van der Waals surface area contributed by atoms with Crippen LogP contribution in [-0.4, -0.2) is 35.9 Å². The van der Waals surface area contributed by atoms with Crippen molar-refractivity contribution in [3.05, 3.63) is 0 Å². The molecule has 0 atom stereocenters. The van der Waals surface area contributed by atoms with Gasteiger partial charge >= 0.3 is 0 Å². The molecule has 0 aliphatic carbocycles. The Hall–Kier alpha value is -0.880. The molecule has 1 rings (SSSR count). The number of carbonyl (C=O) groups excluding carboxylic acids is 2. The van der Waals surface area contributed by atoms with Crippen LogP contribution in [0.15, 0.2) is 4.99 Å². The van der Waals surface area contributed by atoms with Crippen LogP contribution < -0.4 is 5.32 Å². The number of rotatable bonds is 1. The number of nitrogens with one attached hydrogen (secondary N) is 1. The Morgan fingerprint density at radius 2 is 2.07 bits per heavy atom. The summed E-state index contributed by atoms with van der Waals surface area (Å²) in [4.78, 5) is 23.5. The molecule has 86 valence electrons. The van der Waals surface area contributed by atoms with Crippen LogP contribution in [-0.2, 0) is 14.3 Å². The third-order valence-electron chi connectivity index (χ3n) is 1.37. The number of ether oxygens (including phenoxy) is 1. The highest BCUT2D eigenvalue weighted by atomic mass is 32.2. The molecule has 1 N–H and O–H groups in total. The van der Waals surface area contributed by atoms with E-state index in [4.69, 9.17) is 4.74 Å². The molecule has 1 aliphatic rings. The van der Waals surface area contributed by atoms with Gasteiger partial charge < -0.3 is 10.1 Å². The molecule has 6 heteroatoms. The highest BCUT2D eigenvalue weighted by molar-refractivity contribution is 8.15. The SMILES string of the molecule is COC(C)(C)C.O=CN=C1NC(=O)CS1. The van der Waals surface area contributed by atoms with Crippen molar-refractivity contribution in [3.63, 3.8) is 0 Å². The lowest BCUT2D eigenvalue weighted by atomic mass is 10.2. The fourth-order valence-electron chi connectivity index (χ4n) is 0.443. The maximum absolute atomic E-state index is 10.4. The first kappa shape index (κ1) is 14.1. The van der Waals surface area contributed by atoms with Crippen molar-refractivity contribution >= 4 is 29.2 Å². The highest BCUT2D eigenvalue weighted by Gasteiger charge is 2.15. The molecule has 2 amide bonds. The van der Waals surface area contributed by atoms with E-state index in [1.165, 1.54) is 11.8 Å². The Labute approximate surface area is 93.7 Å². The summed E-state index contributed by atoms with van der Waals surface area (Å²) < 4.78 is 4.94. The van der Waals surface area contributed by atoms with Crippen LogP contribution in [0.4, 0.5) is 0 Å². The van der Waals surface area contributed by atoms with E-state index in [1.807, 2.05) is 20.8 Å². The number of amides is 2. The predicted molar refractivity (Wildman–Crippen MR) is 60.9 cm³/mol. The zero-order chi connectivity index (χ0) is 11.9. The average molecular weight is 232 g/mol. The van der Waals surface area contributed by atoms with Crippen molar-refractivity contribution in [2.75, 3.05) is 12.9 Å². The minimum Gasteiger partial charge on any atom is -0.379 e. The van der Waals surface area contributed by atoms with Crippen LogP contribution in [0.25, 0.3) is 0 Å². The van der Waals surface area contributed by atoms with Gasteiger partial charge in [0.2, 0.25) is 12.3 Å². The Morgan fingerprint density at radius 3 is 2.33 bits per heavy atom. The van der Waals surface area contributed by atoms with Crippen LogP contribution in [0.1, 0.15) is 20.8 Å². The summed E-state index contributed by atoms with van der Waals surface area (Å²) in [6.45, 7) is 6.06. The molecule has 5 nitrogen and oxygen atoms in total. The molecule has 0 unspecified atom stereocenters. The summed E-state index contributed by atoms with van der Waals surface area (Å²) in [5.74, 6) is 0.271. The fourth-order valence-corrected chi connectivity index (χ4v) is 1.09. The van der Waals surface area contributed by atoms with E-state index in [9.17, 15) is 9.59 Å². The summed E-state index contributed by atoms with van der Waals surface area (Å²) in [5, 5.41) is 2.80. The molecule has 0 bridgehead atoms. The minimum absolute atomic E-state index is 0.0417. The first-order valence-corrected chi connectivity index (χ1v) is 5.37. The molecule has 1 heterocycles. The smallest absolute Gasteiger partial charge is 0.236 e. The number of amidine groups is 1. The second-order valence-electron chi connectivity index (χ2n) is 3.69. The second kappa shape index (κ2) is 6.58. The summed E-state index contributed by atoms with van der Waals surface area (Å²) in [6.07, 6.45) is 0.411. The van der Waals surface area contributed by atoms with Crippen LogP contribution in [0, 0.1) is 0 Å². The van der Waals surface area contributed by atoms with Gasteiger partial charge in [0.05, 0.1) is 11.4 Å². The van der Waals surface area contributed by atoms with E-state index in [2.05, 4.69) is 10.3 Å². The largest absolute Gasteiger partial charge is 0.379 e. The topological polar surface area (TPSA) is 67.8 Å². The van der Waals surface area contributed by atoms with Gasteiger partial charge in [-0.25, -0.2) is 0 Å². The van der Waals surface area contributed by atoms with Gasteiger partial charge in [0.15, 0.2) is 5.17 Å². The van der Waals surface area contributed by atoms with E-state index >= 15 is 0 Å². The summed E-state index contributed by atoms with van der Waals surface area (Å²) >= 11 is 1.23. The zero-order valence-electron chi connectivity index (χ0n) is 9.36. The van der Waals surface area contributed by atoms with Crippen molar-refractivity contribution in [2.45, 2.75) is 26.4 Å². The van der Waals surface area contributed by atoms with Gasteiger partial charge in [-0.1, -0.05) is 11.8 Å². The van der Waals surface area contributed by atoms with E-state index in [0.29, 0.717) is 17.3 Å². The van der Waals surface area contributed by atoms with Gasteiger partial charge in [-0.2, -0.15) is 4.99 Å². The monoisotopic (exact) mass is 232 g/mol. The number of aliphatic imine (C=N–C) groups is 1. The summed E-state index contributed by atoms with van der Waals surface area (Å²) in [5.41, 5.74) is 0.0417. The van der Waals surface area contributed by atoms with E-state index < -0.39 is 0 Å². The molecule has 1 saturated heterocycles. The predicted octanol–water partition coefficient (Wildman–Crippen LogP) is 0.793. The molecule has 1 aliphatic heterocycles. The first-order chi connectivity index (χ1) is 6.89. The van der Waals surface area contributed by atoms with Crippen LogP contribution in [0.5, 0.6) is 0 Å². The number of thioether (sulfide) groups is 1. The lowest BCUT2D eigenvalue weighted by Crippen LogP contribution is -2.20. The highest BCUT2D eigenvalue weighted by Crippen LogP contribution is 2.07. The summed E-state index contributed by atoms with van der Waals surface area (Å²) in [6, 6.07) is 0. The Kier molecular flexibility index (Phi) is 6.19. The second-order valence-corrected chi connectivity index (χ2v) is 4.66. The number of nitrogens with zero attached hydrogens (tertiary/aromatic N) is 1. The normalized spacial score (nSPS) is 18.1. The van der Waals surface area contributed by atoms with Crippen LogP contribution in [0.3, 0.4) is 0 Å². The molecule has 0 aromatic carbocycles. The zero-order valence-corrected chi connectivity index (χ0v) is 10.2. The maximum atomic E-state index is 10.4. The molecule has 0 spiro atoms. The van der Waals surface area contributed by atoms with Crippen molar-refractivity contribution in [1.29, 1.82) is 0 Å². The standard InChI is InChI=1S/C5H12O.C4H4N2O2S/c1-5(2,3)6-4;7-2-5-4-6-3(8)1-9-4/h1-4H3;2H,1H2,(H,5,6,7,8). The Balaban J connectivity index is 0.000000288. The third-order valence-corrected chi connectivity index (χ3v) is 2.26. The van der Waals surface area contributed by atoms with Crippen molar-refractivity contribution in [2.24, 2.45) is 4.99 Å². The van der Waals surface area contributed by atoms with Gasteiger partial charge in [0.25, 0.3) is 0 Å². The van der Waals surface area contributed by atoms with Crippen LogP contribution in [0.2, 0.25) is 0 Å². The molecule has 1 fully saturated rings. The Morgan fingerprint density at radius 1 is 1.53 bits per heavy atom. The van der Waals surface area contributed by atoms with Crippen molar-refractivity contribution < 1.29 is 14.3 Å². The molecule has 0 aromatic heterocycles. The van der Waals surface area contributed by atoms with E-state index in [1.54, 1.807) is 7.11 Å². The first-order valence-electron chi connectivity index (χ1n) is 4.38. The lowest BCUT2D eigenvalue weighted by Gasteiger charge is -2.14. The molecule has 0 aromatic rings. The average Bonchev–Trinajstić information content (AvgIpc) is 2.52. The number of hydrogen-bond acceptors (Lipinski definition) is 4. The molecule has 0 radical (unpaired) electrons. The number of hydrogen-bond donors (Lipinski definition) is 1. The Bertz CT molecular complexity index is 259. The minimum atomic E-state index is -0.0967. The number of methoxy groups -OCH3 is 1. The van der Waals surface area contributed by atoms with E-state index in [0.717, 1.165) is 0 Å². The summed E-state index contributed by atoms with van der Waals surface area (Å²) in [7, 11) is 1.71. The third kappa shape index (κ3) is 8.14. The van der Waals surface area contributed by atoms with Gasteiger partial charge in [0, 0.05) is 7.11 Å². The molecule has 15 heavy (non-hydrogen) atoms. The van der Waals surface area contributed by atoms with Crippen molar-refractivity contribution in [3.8, 4) is 0 Å².